The smallest absolute Gasteiger partial charge is 0.260 e. The summed E-state index contributed by atoms with van der Waals surface area (Å²) in [4.78, 5) is 26.7. The number of nitrogens with zero attached hydrogens (tertiary/aromatic N) is 1. The molecule has 7 heteroatoms. The van der Waals surface area contributed by atoms with Gasteiger partial charge in [-0.25, -0.2) is 4.39 Å². The van der Waals surface area contributed by atoms with Crippen molar-refractivity contribution in [3.8, 4) is 5.75 Å². The maximum Gasteiger partial charge on any atom is 0.260 e. The van der Waals surface area contributed by atoms with Crippen molar-refractivity contribution in [2.24, 2.45) is 0 Å². The van der Waals surface area contributed by atoms with E-state index >= 15 is 0 Å². The molecule has 0 bridgehead atoms. The lowest BCUT2D eigenvalue weighted by atomic mass is 9.97. The van der Waals surface area contributed by atoms with E-state index in [0.29, 0.717) is 17.0 Å². The molecule has 2 atom stereocenters. The van der Waals surface area contributed by atoms with Crippen molar-refractivity contribution >= 4 is 29.1 Å². The molecule has 0 spiro atoms. The zero-order valence-corrected chi connectivity index (χ0v) is 17.2. The topological polar surface area (TPSA) is 58.6 Å². The lowest BCUT2D eigenvalue weighted by Gasteiger charge is -2.38. The molecule has 1 heterocycles. The van der Waals surface area contributed by atoms with Crippen molar-refractivity contribution in [1.82, 2.24) is 4.90 Å². The Kier molecular flexibility index (Phi) is 6.75. The summed E-state index contributed by atoms with van der Waals surface area (Å²) in [6, 6.07) is 10.9. The summed E-state index contributed by atoms with van der Waals surface area (Å²) in [5, 5.41) is 2.60. The van der Waals surface area contributed by atoms with Gasteiger partial charge in [-0.2, -0.15) is 0 Å². The van der Waals surface area contributed by atoms with Crippen LogP contribution in [-0.4, -0.2) is 35.4 Å². The quantitative estimate of drug-likeness (QED) is 0.751. The summed E-state index contributed by atoms with van der Waals surface area (Å²) < 4.78 is 18.8. The minimum Gasteiger partial charge on any atom is -0.484 e. The summed E-state index contributed by atoms with van der Waals surface area (Å²) in [5.41, 5.74) is 0.805. The summed E-state index contributed by atoms with van der Waals surface area (Å²) in [6.45, 7) is 4.10. The molecule has 2 amide bonds. The van der Waals surface area contributed by atoms with Gasteiger partial charge in [-0.15, -0.1) is 0 Å². The average molecular weight is 419 g/mol. The van der Waals surface area contributed by atoms with E-state index in [2.05, 4.69) is 19.2 Å². The van der Waals surface area contributed by atoms with Gasteiger partial charge >= 0.3 is 0 Å². The predicted octanol–water partition coefficient (Wildman–Crippen LogP) is 4.90. The molecule has 2 aromatic rings. The highest BCUT2D eigenvalue weighted by atomic mass is 35.5. The number of benzene rings is 2. The highest BCUT2D eigenvalue weighted by molar-refractivity contribution is 6.31. The van der Waals surface area contributed by atoms with Gasteiger partial charge in [0.05, 0.1) is 5.02 Å². The number of ether oxygens (including phenoxy) is 1. The van der Waals surface area contributed by atoms with Crippen molar-refractivity contribution < 1.29 is 18.7 Å². The second kappa shape index (κ2) is 9.27. The third-order valence-corrected chi connectivity index (χ3v) is 5.43. The van der Waals surface area contributed by atoms with Crippen LogP contribution in [0.3, 0.4) is 0 Å². The van der Waals surface area contributed by atoms with Crippen LogP contribution in [0.4, 0.5) is 10.1 Å². The third kappa shape index (κ3) is 5.26. The molecule has 5 nitrogen and oxygen atoms in total. The lowest BCUT2D eigenvalue weighted by Crippen LogP contribution is -2.49. The van der Waals surface area contributed by atoms with E-state index in [-0.39, 0.29) is 35.5 Å². The minimum absolute atomic E-state index is 0.0280. The fourth-order valence-electron chi connectivity index (χ4n) is 3.61. The van der Waals surface area contributed by atoms with E-state index < -0.39 is 5.82 Å². The predicted molar refractivity (Wildman–Crippen MR) is 111 cm³/mol. The van der Waals surface area contributed by atoms with Crippen molar-refractivity contribution in [2.75, 3.05) is 11.9 Å². The molecule has 1 aliphatic heterocycles. The van der Waals surface area contributed by atoms with E-state index in [9.17, 15) is 14.0 Å². The van der Waals surface area contributed by atoms with Crippen LogP contribution in [0, 0.1) is 5.82 Å². The second-order valence-corrected chi connectivity index (χ2v) is 7.73. The summed E-state index contributed by atoms with van der Waals surface area (Å²) in [7, 11) is 0. The largest absolute Gasteiger partial charge is 0.484 e. The van der Waals surface area contributed by atoms with E-state index in [1.54, 1.807) is 24.3 Å². The first-order valence-corrected chi connectivity index (χ1v) is 10.0. The molecule has 2 aromatic carbocycles. The number of hydrogen-bond donors (Lipinski definition) is 1. The number of rotatable bonds is 5. The Morgan fingerprint density at radius 2 is 1.79 bits per heavy atom. The van der Waals surface area contributed by atoms with Crippen LogP contribution < -0.4 is 10.1 Å². The van der Waals surface area contributed by atoms with E-state index in [4.69, 9.17) is 16.3 Å². The average Bonchev–Trinajstić information content (AvgIpc) is 2.69. The van der Waals surface area contributed by atoms with Crippen LogP contribution >= 0.6 is 11.6 Å². The fraction of sp³-hybridized carbons (Fsp3) is 0.364. The Morgan fingerprint density at radius 1 is 1.14 bits per heavy atom. The normalized spacial score (nSPS) is 19.0. The molecule has 0 aromatic heterocycles. The zero-order chi connectivity index (χ0) is 21.0. The highest BCUT2D eigenvalue weighted by Crippen LogP contribution is 2.23. The Morgan fingerprint density at radius 3 is 2.41 bits per heavy atom. The van der Waals surface area contributed by atoms with Gasteiger partial charge in [-0.1, -0.05) is 11.6 Å². The number of carbonyl (C=O) groups excluding carboxylic acids is 2. The molecule has 1 saturated heterocycles. The molecule has 3 rings (SSSR count). The van der Waals surface area contributed by atoms with Gasteiger partial charge in [0, 0.05) is 23.3 Å². The number of halogens is 2. The highest BCUT2D eigenvalue weighted by Gasteiger charge is 2.28. The number of piperidine rings is 1. The first-order valence-electron chi connectivity index (χ1n) is 9.65. The van der Waals surface area contributed by atoms with Gasteiger partial charge in [-0.3, -0.25) is 9.59 Å². The fourth-order valence-corrected chi connectivity index (χ4v) is 3.79. The molecule has 0 radical (unpaired) electrons. The Balaban J connectivity index is 1.56. The molecule has 0 saturated carbocycles. The summed E-state index contributed by atoms with van der Waals surface area (Å²) in [5.74, 6) is -0.419. The van der Waals surface area contributed by atoms with Gasteiger partial charge in [0.1, 0.15) is 11.6 Å². The molecule has 1 N–H and O–H groups in total. The maximum atomic E-state index is 13.2. The molecule has 1 aliphatic rings. The van der Waals surface area contributed by atoms with Crippen molar-refractivity contribution in [1.29, 1.82) is 0 Å². The standard InChI is InChI=1S/C22H24ClFN2O3/c1-14-4-3-5-15(2)26(14)21(27)13-29-18-9-6-16(7-10-18)22(28)25-17-8-11-20(24)19(23)12-17/h6-12,14-15H,3-5,13H2,1-2H3,(H,25,28). The van der Waals surface area contributed by atoms with E-state index in [0.717, 1.165) is 19.3 Å². The van der Waals surface area contributed by atoms with Crippen LogP contribution in [0.15, 0.2) is 42.5 Å². The second-order valence-electron chi connectivity index (χ2n) is 7.33. The maximum absolute atomic E-state index is 13.2. The number of anilines is 1. The number of nitrogens with one attached hydrogen (secondary N) is 1. The molecular formula is C22H24ClFN2O3. The molecule has 29 heavy (non-hydrogen) atoms. The monoisotopic (exact) mass is 418 g/mol. The zero-order valence-electron chi connectivity index (χ0n) is 16.5. The van der Waals surface area contributed by atoms with Crippen LogP contribution in [-0.2, 0) is 4.79 Å². The minimum atomic E-state index is -0.547. The summed E-state index contributed by atoms with van der Waals surface area (Å²) >= 11 is 5.72. The number of carbonyl (C=O) groups is 2. The Labute approximate surface area is 174 Å². The molecule has 2 unspecified atom stereocenters. The van der Waals surface area contributed by atoms with Crippen molar-refractivity contribution in [3.63, 3.8) is 0 Å². The Bertz CT molecular complexity index is 878. The SMILES string of the molecule is CC1CCCC(C)N1C(=O)COc1ccc(C(=O)Nc2ccc(F)c(Cl)c2)cc1. The Hall–Kier alpha value is -2.60. The van der Waals surface area contributed by atoms with Crippen LogP contribution in [0.5, 0.6) is 5.75 Å². The van der Waals surface area contributed by atoms with Crippen LogP contribution in [0.2, 0.25) is 5.02 Å². The first kappa shape index (κ1) is 21.1. The van der Waals surface area contributed by atoms with Gasteiger partial charge in [-0.05, 0) is 75.6 Å². The van der Waals surface area contributed by atoms with Gasteiger partial charge in [0.15, 0.2) is 6.61 Å². The van der Waals surface area contributed by atoms with E-state index in [1.165, 1.54) is 18.2 Å². The van der Waals surface area contributed by atoms with Crippen LogP contribution in [0.25, 0.3) is 0 Å². The van der Waals surface area contributed by atoms with Gasteiger partial charge in [0.2, 0.25) is 0 Å². The van der Waals surface area contributed by atoms with Crippen molar-refractivity contribution in [2.45, 2.75) is 45.2 Å². The lowest BCUT2D eigenvalue weighted by molar-refractivity contribution is -0.139. The number of likely N-dealkylation sites (tertiary alicyclic amines) is 1. The van der Waals surface area contributed by atoms with Crippen LogP contribution in [0.1, 0.15) is 43.5 Å². The first-order chi connectivity index (χ1) is 13.8. The molecule has 0 aliphatic carbocycles. The molecule has 154 valence electrons. The van der Waals surface area contributed by atoms with E-state index in [1.807, 2.05) is 4.90 Å². The van der Waals surface area contributed by atoms with Crippen molar-refractivity contribution in [3.05, 3.63) is 58.9 Å². The number of hydrogen-bond acceptors (Lipinski definition) is 3. The summed E-state index contributed by atoms with van der Waals surface area (Å²) in [6.07, 6.45) is 3.17. The molecular weight excluding hydrogens is 395 g/mol. The third-order valence-electron chi connectivity index (χ3n) is 5.14. The molecule has 1 fully saturated rings. The van der Waals surface area contributed by atoms with Gasteiger partial charge < -0.3 is 15.0 Å². The van der Waals surface area contributed by atoms with Gasteiger partial charge in [0.25, 0.3) is 11.8 Å². The number of amides is 2.